The molecular formula is C12H8BrN3O. The van der Waals surface area contributed by atoms with Crippen LogP contribution in [-0.2, 0) is 0 Å². The van der Waals surface area contributed by atoms with Crippen molar-refractivity contribution in [3.8, 4) is 0 Å². The van der Waals surface area contributed by atoms with E-state index < -0.39 is 0 Å². The van der Waals surface area contributed by atoms with Crippen LogP contribution in [0, 0.1) is 0 Å². The van der Waals surface area contributed by atoms with Gasteiger partial charge in [-0.2, -0.15) is 0 Å². The fourth-order valence-corrected chi connectivity index (χ4v) is 2.31. The molecule has 0 aliphatic heterocycles. The smallest absolute Gasteiger partial charge is 0.260 e. The molecule has 4 nitrogen and oxygen atoms in total. The Labute approximate surface area is 105 Å². The molecule has 1 aromatic heterocycles. The van der Waals surface area contributed by atoms with Crippen LogP contribution in [0.3, 0.4) is 0 Å². The maximum Gasteiger partial charge on any atom is 0.260 e. The Balaban J connectivity index is 2.63. The van der Waals surface area contributed by atoms with Crippen LogP contribution >= 0.6 is 15.9 Å². The van der Waals surface area contributed by atoms with E-state index in [0.29, 0.717) is 10.9 Å². The second-order valence-corrected chi connectivity index (χ2v) is 4.69. The van der Waals surface area contributed by atoms with Crippen LogP contribution in [0.4, 0.5) is 5.95 Å². The fourth-order valence-electron chi connectivity index (χ4n) is 1.95. The molecule has 2 aromatic carbocycles. The van der Waals surface area contributed by atoms with Crippen LogP contribution < -0.4 is 11.3 Å². The normalized spacial score (nSPS) is 11.1. The minimum atomic E-state index is -0.212. The highest BCUT2D eigenvalue weighted by Crippen LogP contribution is 2.25. The maximum absolute atomic E-state index is 11.9. The van der Waals surface area contributed by atoms with Gasteiger partial charge in [0, 0.05) is 4.47 Å². The number of nitrogens with two attached hydrogens (primary N) is 1. The zero-order chi connectivity index (χ0) is 12.0. The summed E-state index contributed by atoms with van der Waals surface area (Å²) >= 11 is 3.40. The quantitative estimate of drug-likeness (QED) is 0.624. The summed E-state index contributed by atoms with van der Waals surface area (Å²) in [5.41, 5.74) is 5.92. The number of anilines is 1. The van der Waals surface area contributed by atoms with E-state index in [1.54, 1.807) is 6.07 Å². The van der Waals surface area contributed by atoms with Gasteiger partial charge in [0.1, 0.15) is 0 Å². The largest absolute Gasteiger partial charge is 0.369 e. The molecule has 0 saturated carbocycles. The van der Waals surface area contributed by atoms with Crippen LogP contribution in [0.25, 0.3) is 21.7 Å². The maximum atomic E-state index is 11.9. The monoisotopic (exact) mass is 289 g/mol. The Morgan fingerprint density at radius 2 is 2.00 bits per heavy atom. The number of benzene rings is 2. The van der Waals surface area contributed by atoms with Crippen molar-refractivity contribution in [3.63, 3.8) is 0 Å². The summed E-state index contributed by atoms with van der Waals surface area (Å²) in [6.07, 6.45) is 0. The summed E-state index contributed by atoms with van der Waals surface area (Å²) in [5.74, 6) is 0.136. The van der Waals surface area contributed by atoms with Gasteiger partial charge < -0.3 is 5.73 Å². The fraction of sp³-hybridized carbons (Fsp3) is 0. The molecule has 3 N–H and O–H groups in total. The van der Waals surface area contributed by atoms with Crippen molar-refractivity contribution in [3.05, 3.63) is 45.2 Å². The first-order valence-corrected chi connectivity index (χ1v) is 5.82. The molecule has 5 heteroatoms. The van der Waals surface area contributed by atoms with Gasteiger partial charge in [0.25, 0.3) is 5.56 Å². The number of aromatic amines is 1. The van der Waals surface area contributed by atoms with Crippen molar-refractivity contribution >= 4 is 43.6 Å². The minimum Gasteiger partial charge on any atom is -0.369 e. The summed E-state index contributed by atoms with van der Waals surface area (Å²) in [7, 11) is 0. The average molecular weight is 290 g/mol. The first-order chi connectivity index (χ1) is 8.15. The number of hydrogen-bond donors (Lipinski definition) is 2. The predicted octanol–water partition coefficient (Wildman–Crippen LogP) is 2.42. The second kappa shape index (κ2) is 3.56. The van der Waals surface area contributed by atoms with Gasteiger partial charge in [0.2, 0.25) is 5.95 Å². The van der Waals surface area contributed by atoms with Crippen LogP contribution in [0.5, 0.6) is 0 Å². The Bertz CT molecular complexity index is 795. The predicted molar refractivity (Wildman–Crippen MR) is 72.0 cm³/mol. The Morgan fingerprint density at radius 3 is 2.82 bits per heavy atom. The molecule has 0 spiro atoms. The van der Waals surface area contributed by atoms with Crippen molar-refractivity contribution < 1.29 is 0 Å². The molecule has 84 valence electrons. The van der Waals surface area contributed by atoms with Crippen LogP contribution in [0.1, 0.15) is 0 Å². The van der Waals surface area contributed by atoms with E-state index in [1.807, 2.05) is 24.3 Å². The molecule has 0 aliphatic rings. The Hall–Kier alpha value is -1.88. The molecular weight excluding hydrogens is 282 g/mol. The summed E-state index contributed by atoms with van der Waals surface area (Å²) in [4.78, 5) is 18.6. The van der Waals surface area contributed by atoms with E-state index in [0.717, 1.165) is 15.2 Å². The average Bonchev–Trinajstić information content (AvgIpc) is 2.27. The van der Waals surface area contributed by atoms with Gasteiger partial charge in [-0.3, -0.25) is 9.78 Å². The molecule has 1 heterocycles. The van der Waals surface area contributed by atoms with Gasteiger partial charge in [-0.1, -0.05) is 28.1 Å². The molecule has 3 aromatic rings. The summed E-state index contributed by atoms with van der Waals surface area (Å²) in [5, 5.41) is 2.43. The molecule has 0 aliphatic carbocycles. The second-order valence-electron chi connectivity index (χ2n) is 3.78. The lowest BCUT2D eigenvalue weighted by Gasteiger charge is -2.03. The molecule has 0 atom stereocenters. The molecule has 17 heavy (non-hydrogen) atoms. The number of rotatable bonds is 0. The number of aromatic nitrogens is 2. The summed E-state index contributed by atoms with van der Waals surface area (Å²) in [6, 6.07) is 9.53. The third-order valence-electron chi connectivity index (χ3n) is 2.67. The van der Waals surface area contributed by atoms with E-state index in [1.165, 1.54) is 0 Å². The van der Waals surface area contributed by atoms with Gasteiger partial charge >= 0.3 is 0 Å². The van der Waals surface area contributed by atoms with Crippen molar-refractivity contribution in [1.82, 2.24) is 9.97 Å². The first-order valence-electron chi connectivity index (χ1n) is 5.03. The molecule has 0 saturated heterocycles. The number of halogens is 1. The number of H-pyrrole nitrogens is 1. The highest BCUT2D eigenvalue weighted by molar-refractivity contribution is 9.10. The molecule has 0 radical (unpaired) electrons. The lowest BCUT2D eigenvalue weighted by molar-refractivity contribution is 1.19. The third-order valence-corrected chi connectivity index (χ3v) is 3.16. The van der Waals surface area contributed by atoms with E-state index >= 15 is 0 Å². The van der Waals surface area contributed by atoms with E-state index in [-0.39, 0.29) is 11.5 Å². The zero-order valence-corrected chi connectivity index (χ0v) is 10.3. The zero-order valence-electron chi connectivity index (χ0n) is 8.70. The van der Waals surface area contributed by atoms with Crippen molar-refractivity contribution in [1.29, 1.82) is 0 Å². The van der Waals surface area contributed by atoms with Crippen LogP contribution in [-0.4, -0.2) is 9.97 Å². The molecule has 0 bridgehead atoms. The van der Waals surface area contributed by atoms with E-state index in [4.69, 9.17) is 5.73 Å². The van der Waals surface area contributed by atoms with Gasteiger partial charge in [-0.25, -0.2) is 4.98 Å². The SMILES string of the molecule is Nc1nc2ccc3ccc(Br)cc3c2c(=O)[nH]1. The number of nitrogens with zero attached hydrogens (tertiary/aromatic N) is 1. The Morgan fingerprint density at radius 1 is 1.24 bits per heavy atom. The van der Waals surface area contributed by atoms with Crippen LogP contribution in [0.15, 0.2) is 39.6 Å². The van der Waals surface area contributed by atoms with Crippen molar-refractivity contribution in [2.75, 3.05) is 5.73 Å². The van der Waals surface area contributed by atoms with E-state index in [2.05, 4.69) is 25.9 Å². The molecule has 0 unspecified atom stereocenters. The van der Waals surface area contributed by atoms with Gasteiger partial charge in [-0.05, 0) is 29.0 Å². The van der Waals surface area contributed by atoms with Gasteiger partial charge in [0.15, 0.2) is 0 Å². The van der Waals surface area contributed by atoms with Gasteiger partial charge in [0.05, 0.1) is 10.9 Å². The van der Waals surface area contributed by atoms with Gasteiger partial charge in [-0.15, -0.1) is 0 Å². The topological polar surface area (TPSA) is 71.8 Å². The summed E-state index contributed by atoms with van der Waals surface area (Å²) < 4.78 is 0.925. The number of hydrogen-bond acceptors (Lipinski definition) is 3. The number of fused-ring (bicyclic) bond motifs is 3. The summed E-state index contributed by atoms with van der Waals surface area (Å²) in [6.45, 7) is 0. The van der Waals surface area contributed by atoms with Crippen LogP contribution in [0.2, 0.25) is 0 Å². The minimum absolute atomic E-state index is 0.136. The Kier molecular flexibility index (Phi) is 2.16. The first kappa shape index (κ1) is 10.3. The standard InChI is InChI=1S/C12H8BrN3O/c13-7-3-1-6-2-4-9-10(8(6)5-7)11(17)16-12(14)15-9/h1-5H,(H3,14,15,16,17). The van der Waals surface area contributed by atoms with Crippen molar-refractivity contribution in [2.24, 2.45) is 0 Å². The molecule has 3 rings (SSSR count). The third kappa shape index (κ3) is 1.59. The highest BCUT2D eigenvalue weighted by atomic mass is 79.9. The number of nitrogen functional groups attached to an aromatic ring is 1. The molecule has 0 fully saturated rings. The van der Waals surface area contributed by atoms with Crippen molar-refractivity contribution in [2.45, 2.75) is 0 Å². The molecule has 0 amide bonds. The lowest BCUT2D eigenvalue weighted by Crippen LogP contribution is -2.11. The highest BCUT2D eigenvalue weighted by Gasteiger charge is 2.06. The number of nitrogens with one attached hydrogen (secondary N) is 1. The van der Waals surface area contributed by atoms with E-state index in [9.17, 15) is 4.79 Å². The lowest BCUT2D eigenvalue weighted by atomic mass is 10.1.